The van der Waals surface area contributed by atoms with Gasteiger partial charge >= 0.3 is 0 Å². The second-order valence-electron chi connectivity index (χ2n) is 3.75. The van der Waals surface area contributed by atoms with Gasteiger partial charge in [-0.2, -0.15) is 8.42 Å². The standard InChI is InChI=1S/C10H10Br2N4O2S/c1-16-10(9(12)13-15-16)19(17,18)14-8-4-2-7(6-11)3-5-8/h2-5,14H,6H2,1H3. The van der Waals surface area contributed by atoms with E-state index >= 15 is 0 Å². The molecule has 6 nitrogen and oxygen atoms in total. The van der Waals surface area contributed by atoms with Gasteiger partial charge in [-0.3, -0.25) is 4.72 Å². The van der Waals surface area contributed by atoms with Crippen molar-refractivity contribution in [2.75, 3.05) is 4.72 Å². The molecule has 9 heteroatoms. The molecule has 0 saturated heterocycles. The summed E-state index contributed by atoms with van der Waals surface area (Å²) >= 11 is 6.40. The molecule has 102 valence electrons. The number of sulfonamides is 1. The summed E-state index contributed by atoms with van der Waals surface area (Å²) in [6.07, 6.45) is 0. The van der Waals surface area contributed by atoms with Gasteiger partial charge in [0.25, 0.3) is 10.0 Å². The van der Waals surface area contributed by atoms with Crippen LogP contribution in [0.25, 0.3) is 0 Å². The molecule has 0 bridgehead atoms. The molecule has 19 heavy (non-hydrogen) atoms. The van der Waals surface area contributed by atoms with Crippen LogP contribution in [0.1, 0.15) is 5.56 Å². The zero-order chi connectivity index (χ0) is 14.0. The smallest absolute Gasteiger partial charge is 0.278 e. The van der Waals surface area contributed by atoms with Crippen LogP contribution in [-0.2, 0) is 22.4 Å². The lowest BCUT2D eigenvalue weighted by Crippen LogP contribution is -2.17. The SMILES string of the molecule is Cn1nnc(Br)c1S(=O)(=O)Nc1ccc(CBr)cc1. The summed E-state index contributed by atoms with van der Waals surface area (Å²) in [5, 5.41) is 8.00. The molecule has 1 heterocycles. The van der Waals surface area contributed by atoms with E-state index in [1.165, 1.54) is 11.7 Å². The van der Waals surface area contributed by atoms with Crippen molar-refractivity contribution in [2.24, 2.45) is 7.05 Å². The Bertz CT molecular complexity index is 663. The fourth-order valence-electron chi connectivity index (χ4n) is 1.47. The summed E-state index contributed by atoms with van der Waals surface area (Å²) < 4.78 is 28.3. The van der Waals surface area contributed by atoms with Crippen LogP contribution >= 0.6 is 31.9 Å². The van der Waals surface area contributed by atoms with E-state index in [1.54, 1.807) is 12.1 Å². The Labute approximate surface area is 127 Å². The van der Waals surface area contributed by atoms with Crippen molar-refractivity contribution >= 4 is 47.6 Å². The predicted molar refractivity (Wildman–Crippen MR) is 78.6 cm³/mol. The van der Waals surface area contributed by atoms with Gasteiger partial charge in [-0.15, -0.1) is 5.10 Å². The van der Waals surface area contributed by atoms with E-state index in [0.717, 1.165) is 10.9 Å². The maximum atomic E-state index is 12.2. The average Bonchev–Trinajstić information content (AvgIpc) is 2.70. The van der Waals surface area contributed by atoms with E-state index in [2.05, 4.69) is 46.9 Å². The van der Waals surface area contributed by atoms with Crippen LogP contribution in [0.5, 0.6) is 0 Å². The molecule has 0 aliphatic rings. The van der Waals surface area contributed by atoms with Crippen LogP contribution in [0.15, 0.2) is 33.9 Å². The van der Waals surface area contributed by atoms with Gasteiger partial charge in [0.1, 0.15) is 0 Å². The van der Waals surface area contributed by atoms with Gasteiger partial charge in [0.15, 0.2) is 4.60 Å². The Morgan fingerprint density at radius 3 is 2.42 bits per heavy atom. The molecule has 0 saturated carbocycles. The third-order valence-corrected chi connectivity index (χ3v) is 5.27. The number of hydrogen-bond acceptors (Lipinski definition) is 4. The van der Waals surface area contributed by atoms with Gasteiger partial charge < -0.3 is 0 Å². The molecule has 0 fully saturated rings. The fourth-order valence-corrected chi connectivity index (χ4v) is 4.00. The molecule has 0 aliphatic carbocycles. The Kier molecular flexibility index (Phi) is 4.26. The first kappa shape index (κ1) is 14.5. The summed E-state index contributed by atoms with van der Waals surface area (Å²) in [5.74, 6) is 0. The highest BCUT2D eigenvalue weighted by molar-refractivity contribution is 9.10. The topological polar surface area (TPSA) is 76.9 Å². The van der Waals surface area contributed by atoms with Crippen molar-refractivity contribution in [1.29, 1.82) is 0 Å². The van der Waals surface area contributed by atoms with Gasteiger partial charge in [0.05, 0.1) is 0 Å². The molecular formula is C10H10Br2N4O2S. The van der Waals surface area contributed by atoms with E-state index in [0.29, 0.717) is 5.69 Å². The maximum absolute atomic E-state index is 12.2. The number of nitrogens with one attached hydrogen (secondary N) is 1. The second kappa shape index (κ2) is 5.59. The lowest BCUT2D eigenvalue weighted by atomic mass is 10.2. The fraction of sp³-hybridized carbons (Fsp3) is 0.200. The molecule has 1 aromatic carbocycles. The number of aryl methyl sites for hydroxylation is 1. The molecule has 0 unspecified atom stereocenters. The van der Waals surface area contributed by atoms with Crippen molar-refractivity contribution in [3.05, 3.63) is 34.4 Å². The number of anilines is 1. The molecular weight excluding hydrogens is 400 g/mol. The van der Waals surface area contributed by atoms with E-state index < -0.39 is 10.0 Å². The molecule has 1 aromatic heterocycles. The molecule has 0 radical (unpaired) electrons. The molecule has 0 atom stereocenters. The molecule has 2 aromatic rings. The van der Waals surface area contributed by atoms with Crippen LogP contribution < -0.4 is 4.72 Å². The Hall–Kier alpha value is -0.930. The Morgan fingerprint density at radius 2 is 1.95 bits per heavy atom. The van der Waals surface area contributed by atoms with Crippen LogP contribution in [0.2, 0.25) is 0 Å². The van der Waals surface area contributed by atoms with E-state index in [9.17, 15) is 8.42 Å². The quantitative estimate of drug-likeness (QED) is 0.785. The molecule has 0 amide bonds. The van der Waals surface area contributed by atoms with Crippen LogP contribution in [0.3, 0.4) is 0 Å². The number of benzene rings is 1. The monoisotopic (exact) mass is 408 g/mol. The summed E-state index contributed by atoms with van der Waals surface area (Å²) in [5.41, 5.74) is 1.55. The largest absolute Gasteiger partial charge is 0.281 e. The van der Waals surface area contributed by atoms with Gasteiger partial charge in [0, 0.05) is 18.1 Å². The van der Waals surface area contributed by atoms with Crippen molar-refractivity contribution in [1.82, 2.24) is 15.0 Å². The number of rotatable bonds is 4. The van der Waals surface area contributed by atoms with E-state index in [4.69, 9.17) is 0 Å². The molecule has 1 N–H and O–H groups in total. The first-order chi connectivity index (χ1) is 8.94. The second-order valence-corrected chi connectivity index (χ2v) is 6.65. The summed E-state index contributed by atoms with van der Waals surface area (Å²) in [6.45, 7) is 0. The van der Waals surface area contributed by atoms with Gasteiger partial charge in [-0.25, -0.2) is 4.68 Å². The van der Waals surface area contributed by atoms with Crippen molar-refractivity contribution in [3.8, 4) is 0 Å². The number of hydrogen-bond donors (Lipinski definition) is 1. The third kappa shape index (κ3) is 3.15. The lowest BCUT2D eigenvalue weighted by molar-refractivity contribution is 0.578. The zero-order valence-corrected chi connectivity index (χ0v) is 13.8. The van der Waals surface area contributed by atoms with Gasteiger partial charge in [-0.05, 0) is 33.6 Å². The van der Waals surface area contributed by atoms with Crippen LogP contribution in [0.4, 0.5) is 5.69 Å². The molecule has 2 rings (SSSR count). The highest BCUT2D eigenvalue weighted by Crippen LogP contribution is 2.21. The van der Waals surface area contributed by atoms with Crippen molar-refractivity contribution in [2.45, 2.75) is 10.4 Å². The molecule has 0 aliphatic heterocycles. The number of alkyl halides is 1. The average molecular weight is 410 g/mol. The minimum absolute atomic E-state index is 0.0166. The zero-order valence-electron chi connectivity index (χ0n) is 9.84. The first-order valence-corrected chi connectivity index (χ1v) is 8.56. The number of aromatic nitrogens is 3. The van der Waals surface area contributed by atoms with E-state index in [-0.39, 0.29) is 9.63 Å². The number of halogens is 2. The van der Waals surface area contributed by atoms with Gasteiger partial charge in [0.2, 0.25) is 5.03 Å². The highest BCUT2D eigenvalue weighted by atomic mass is 79.9. The van der Waals surface area contributed by atoms with Gasteiger partial charge in [-0.1, -0.05) is 33.3 Å². The van der Waals surface area contributed by atoms with Crippen molar-refractivity contribution < 1.29 is 8.42 Å². The molecule has 0 spiro atoms. The summed E-state index contributed by atoms with van der Waals surface area (Å²) in [6, 6.07) is 7.07. The van der Waals surface area contributed by atoms with E-state index in [1.807, 2.05) is 12.1 Å². The first-order valence-electron chi connectivity index (χ1n) is 5.17. The maximum Gasteiger partial charge on any atom is 0.281 e. The number of nitrogens with zero attached hydrogens (tertiary/aromatic N) is 3. The lowest BCUT2D eigenvalue weighted by Gasteiger charge is -2.08. The predicted octanol–water partition coefficient (Wildman–Crippen LogP) is 2.27. The van der Waals surface area contributed by atoms with Crippen molar-refractivity contribution in [3.63, 3.8) is 0 Å². The summed E-state index contributed by atoms with van der Waals surface area (Å²) in [4.78, 5) is 0. The van der Waals surface area contributed by atoms with Crippen LogP contribution in [0, 0.1) is 0 Å². The Morgan fingerprint density at radius 1 is 1.32 bits per heavy atom. The minimum Gasteiger partial charge on any atom is -0.278 e. The Balaban J connectivity index is 2.31. The highest BCUT2D eigenvalue weighted by Gasteiger charge is 2.23. The van der Waals surface area contributed by atoms with Crippen LogP contribution in [-0.4, -0.2) is 23.4 Å². The third-order valence-electron chi connectivity index (χ3n) is 2.35. The minimum atomic E-state index is -3.72. The normalized spacial score (nSPS) is 11.5. The summed E-state index contributed by atoms with van der Waals surface area (Å²) in [7, 11) is -2.21.